The summed E-state index contributed by atoms with van der Waals surface area (Å²) < 4.78 is 42.1. The predicted octanol–water partition coefficient (Wildman–Crippen LogP) is 3.61. The Morgan fingerprint density at radius 3 is 2.40 bits per heavy atom. The van der Waals surface area contributed by atoms with Gasteiger partial charge in [-0.25, -0.2) is 4.79 Å². The van der Waals surface area contributed by atoms with Gasteiger partial charge in [0.05, 0.1) is 18.4 Å². The summed E-state index contributed by atoms with van der Waals surface area (Å²) in [4.78, 5) is 10.8. The number of halogens is 3. The second-order valence-corrected chi connectivity index (χ2v) is 3.99. The van der Waals surface area contributed by atoms with Crippen molar-refractivity contribution >= 4 is 11.7 Å². The lowest BCUT2D eigenvalue weighted by Crippen LogP contribution is -2.06. The van der Waals surface area contributed by atoms with Crippen LogP contribution in [0.25, 0.3) is 0 Å². The van der Waals surface area contributed by atoms with Crippen molar-refractivity contribution < 1.29 is 27.5 Å². The number of carboxylic acid groups (broad SMARTS) is 1. The number of anilines is 1. The van der Waals surface area contributed by atoms with Gasteiger partial charge in [0.15, 0.2) is 0 Å². The van der Waals surface area contributed by atoms with E-state index in [-0.39, 0.29) is 17.9 Å². The zero-order valence-corrected chi connectivity index (χ0v) is 10.1. The molecule has 0 aliphatic carbocycles. The first-order valence-corrected chi connectivity index (χ1v) is 5.58. The standard InChI is InChI=1S/C13H10F3NO3/c14-13(15,16)8-1-3-9(4-2-8)17-7-11-10(12(18)19)5-6-20-11/h1-6,17H,7H2,(H,18,19). The fourth-order valence-corrected chi connectivity index (χ4v) is 1.63. The van der Waals surface area contributed by atoms with Crippen LogP contribution in [-0.2, 0) is 12.7 Å². The first-order valence-electron chi connectivity index (χ1n) is 5.58. The van der Waals surface area contributed by atoms with Gasteiger partial charge in [-0.2, -0.15) is 13.2 Å². The number of hydrogen-bond donors (Lipinski definition) is 2. The molecule has 7 heteroatoms. The second kappa shape index (κ2) is 5.28. The third-order valence-corrected chi connectivity index (χ3v) is 2.64. The number of nitrogens with one attached hydrogen (secondary N) is 1. The third-order valence-electron chi connectivity index (χ3n) is 2.64. The van der Waals surface area contributed by atoms with E-state index in [1.54, 1.807) is 0 Å². The molecular weight excluding hydrogens is 275 g/mol. The van der Waals surface area contributed by atoms with Crippen molar-refractivity contribution in [3.05, 3.63) is 53.5 Å². The Hall–Kier alpha value is -2.44. The van der Waals surface area contributed by atoms with E-state index < -0.39 is 17.7 Å². The minimum atomic E-state index is -4.38. The quantitative estimate of drug-likeness (QED) is 0.900. The van der Waals surface area contributed by atoms with Gasteiger partial charge in [0.25, 0.3) is 0 Å². The van der Waals surface area contributed by atoms with Gasteiger partial charge in [0.1, 0.15) is 11.3 Å². The van der Waals surface area contributed by atoms with E-state index in [1.165, 1.54) is 24.5 Å². The van der Waals surface area contributed by atoms with Crippen molar-refractivity contribution in [1.29, 1.82) is 0 Å². The first kappa shape index (κ1) is 14.0. The summed E-state index contributed by atoms with van der Waals surface area (Å²) in [6, 6.07) is 5.75. The minimum absolute atomic E-state index is 0.0180. The fraction of sp³-hybridized carbons (Fsp3) is 0.154. The number of alkyl halides is 3. The molecule has 2 N–H and O–H groups in total. The lowest BCUT2D eigenvalue weighted by Gasteiger charge is -2.09. The summed E-state index contributed by atoms with van der Waals surface area (Å²) in [5.41, 5.74) is -0.289. The van der Waals surface area contributed by atoms with Crippen LogP contribution in [0, 0.1) is 0 Å². The summed E-state index contributed by atoms with van der Waals surface area (Å²) in [6.45, 7) is 0.0694. The highest BCUT2D eigenvalue weighted by Crippen LogP contribution is 2.29. The average Bonchev–Trinajstić information content (AvgIpc) is 2.84. The number of aromatic carboxylic acids is 1. The fourth-order valence-electron chi connectivity index (χ4n) is 1.63. The van der Waals surface area contributed by atoms with Crippen molar-refractivity contribution in [1.82, 2.24) is 0 Å². The highest BCUT2D eigenvalue weighted by molar-refractivity contribution is 5.88. The topological polar surface area (TPSA) is 62.5 Å². The Balaban J connectivity index is 2.04. The maximum Gasteiger partial charge on any atom is 0.416 e. The molecule has 4 nitrogen and oxygen atoms in total. The van der Waals surface area contributed by atoms with E-state index in [1.807, 2.05) is 0 Å². The number of carbonyl (C=O) groups is 1. The van der Waals surface area contributed by atoms with Crippen molar-refractivity contribution in [3.8, 4) is 0 Å². The Morgan fingerprint density at radius 2 is 1.85 bits per heavy atom. The minimum Gasteiger partial charge on any atom is -0.478 e. The van der Waals surface area contributed by atoms with Crippen LogP contribution in [0.3, 0.4) is 0 Å². The monoisotopic (exact) mass is 285 g/mol. The van der Waals surface area contributed by atoms with E-state index in [9.17, 15) is 18.0 Å². The molecule has 0 fully saturated rings. The summed E-state index contributed by atoms with van der Waals surface area (Å²) in [5.74, 6) is -0.916. The number of benzene rings is 1. The van der Waals surface area contributed by atoms with Crippen LogP contribution in [-0.4, -0.2) is 11.1 Å². The van der Waals surface area contributed by atoms with Crippen LogP contribution in [0.15, 0.2) is 41.0 Å². The molecule has 0 unspecified atom stereocenters. The van der Waals surface area contributed by atoms with Crippen LogP contribution < -0.4 is 5.32 Å². The molecule has 106 valence electrons. The number of hydrogen-bond acceptors (Lipinski definition) is 3. The molecule has 1 aromatic carbocycles. The predicted molar refractivity (Wildman–Crippen MR) is 64.4 cm³/mol. The lowest BCUT2D eigenvalue weighted by molar-refractivity contribution is -0.137. The number of rotatable bonds is 4. The zero-order valence-electron chi connectivity index (χ0n) is 10.1. The number of carboxylic acids is 1. The Kier molecular flexibility index (Phi) is 3.69. The summed E-state index contributed by atoms with van der Waals surface area (Å²) in [6.07, 6.45) is -3.14. The molecule has 2 aromatic rings. The Bertz CT molecular complexity index is 602. The molecule has 0 radical (unpaired) electrons. The third kappa shape index (κ3) is 3.11. The van der Waals surface area contributed by atoms with Gasteiger partial charge in [-0.15, -0.1) is 0 Å². The van der Waals surface area contributed by atoms with Crippen molar-refractivity contribution in [2.24, 2.45) is 0 Å². The van der Waals surface area contributed by atoms with Crippen LogP contribution in [0.5, 0.6) is 0 Å². The van der Waals surface area contributed by atoms with Gasteiger partial charge in [0, 0.05) is 5.69 Å². The Morgan fingerprint density at radius 1 is 1.20 bits per heavy atom. The maximum atomic E-state index is 12.4. The molecule has 0 spiro atoms. The molecule has 0 atom stereocenters. The van der Waals surface area contributed by atoms with Crippen molar-refractivity contribution in [2.75, 3.05) is 5.32 Å². The van der Waals surface area contributed by atoms with E-state index in [0.29, 0.717) is 5.69 Å². The van der Waals surface area contributed by atoms with Gasteiger partial charge in [0.2, 0.25) is 0 Å². The van der Waals surface area contributed by atoms with Crippen LogP contribution in [0.2, 0.25) is 0 Å². The van der Waals surface area contributed by atoms with E-state index in [4.69, 9.17) is 9.52 Å². The smallest absolute Gasteiger partial charge is 0.416 e. The van der Waals surface area contributed by atoms with Crippen LogP contribution >= 0.6 is 0 Å². The number of furan rings is 1. The van der Waals surface area contributed by atoms with Gasteiger partial charge in [-0.1, -0.05) is 0 Å². The Labute approximate surface area is 111 Å². The molecule has 2 rings (SSSR count). The molecule has 1 heterocycles. The highest BCUT2D eigenvalue weighted by Gasteiger charge is 2.29. The largest absolute Gasteiger partial charge is 0.478 e. The van der Waals surface area contributed by atoms with Gasteiger partial charge in [-0.3, -0.25) is 0 Å². The summed E-state index contributed by atoms with van der Waals surface area (Å²) in [7, 11) is 0. The SMILES string of the molecule is O=C(O)c1ccoc1CNc1ccc(C(F)(F)F)cc1. The molecule has 0 saturated heterocycles. The summed E-state index contributed by atoms with van der Waals surface area (Å²) in [5, 5.41) is 11.7. The average molecular weight is 285 g/mol. The second-order valence-electron chi connectivity index (χ2n) is 3.99. The molecule has 0 aliphatic heterocycles. The first-order chi connectivity index (χ1) is 9.38. The van der Waals surface area contributed by atoms with Crippen molar-refractivity contribution in [3.63, 3.8) is 0 Å². The van der Waals surface area contributed by atoms with E-state index in [0.717, 1.165) is 12.1 Å². The highest BCUT2D eigenvalue weighted by atomic mass is 19.4. The zero-order chi connectivity index (χ0) is 14.8. The molecule has 0 bridgehead atoms. The lowest BCUT2D eigenvalue weighted by atomic mass is 10.2. The molecule has 0 saturated carbocycles. The van der Waals surface area contributed by atoms with Crippen molar-refractivity contribution in [2.45, 2.75) is 12.7 Å². The molecule has 0 amide bonds. The van der Waals surface area contributed by atoms with Crippen LogP contribution in [0.1, 0.15) is 21.7 Å². The van der Waals surface area contributed by atoms with E-state index >= 15 is 0 Å². The van der Waals surface area contributed by atoms with E-state index in [2.05, 4.69) is 5.32 Å². The maximum absolute atomic E-state index is 12.4. The molecule has 0 aliphatic rings. The summed E-state index contributed by atoms with van der Waals surface area (Å²) >= 11 is 0. The van der Waals surface area contributed by atoms with Gasteiger partial charge in [-0.05, 0) is 30.3 Å². The normalized spacial score (nSPS) is 11.3. The van der Waals surface area contributed by atoms with Gasteiger partial charge < -0.3 is 14.8 Å². The molecule has 20 heavy (non-hydrogen) atoms. The van der Waals surface area contributed by atoms with Gasteiger partial charge >= 0.3 is 12.1 Å². The molecular formula is C13H10F3NO3. The van der Waals surface area contributed by atoms with Crippen LogP contribution in [0.4, 0.5) is 18.9 Å². The molecule has 1 aromatic heterocycles.